The van der Waals surface area contributed by atoms with Crippen molar-refractivity contribution in [2.45, 2.75) is 50.0 Å². The zero-order chi connectivity index (χ0) is 14.8. The standard InChI is InChI=1S/C12H20O2S6/c1-3-13-10(15)17-19-12(8-6-5-7-9-12)20-18-11(16)14-4-2/h3-9H2,1-2H3. The molecular formula is C12H20O2S6. The average molecular weight is 389 g/mol. The third-order valence-corrected chi connectivity index (χ3v) is 10.6. The molecule has 1 fully saturated rings. The minimum atomic E-state index is 0.163. The molecule has 1 aliphatic rings. The van der Waals surface area contributed by atoms with Gasteiger partial charge in [0.2, 0.25) is 8.77 Å². The van der Waals surface area contributed by atoms with Gasteiger partial charge >= 0.3 is 0 Å². The van der Waals surface area contributed by atoms with Crippen LogP contribution in [0.4, 0.5) is 0 Å². The lowest BCUT2D eigenvalue weighted by Gasteiger charge is -2.34. The van der Waals surface area contributed by atoms with E-state index in [1.165, 1.54) is 32.1 Å². The third-order valence-electron chi connectivity index (χ3n) is 2.66. The Morgan fingerprint density at radius 2 is 1.35 bits per heavy atom. The van der Waals surface area contributed by atoms with Gasteiger partial charge in [-0.3, -0.25) is 0 Å². The van der Waals surface area contributed by atoms with Crippen LogP contribution < -0.4 is 0 Å². The van der Waals surface area contributed by atoms with Crippen LogP contribution in [0.5, 0.6) is 0 Å². The molecule has 0 atom stereocenters. The second-order valence-corrected chi connectivity index (χ2v) is 10.7. The Labute approximate surface area is 148 Å². The van der Waals surface area contributed by atoms with Gasteiger partial charge in [-0.2, -0.15) is 0 Å². The predicted octanol–water partition coefficient (Wildman–Crippen LogP) is 6.05. The number of hydrogen-bond acceptors (Lipinski definition) is 8. The maximum Gasteiger partial charge on any atom is 0.230 e. The van der Waals surface area contributed by atoms with Gasteiger partial charge in [-0.05, 0) is 72.7 Å². The molecule has 0 bridgehead atoms. The summed E-state index contributed by atoms with van der Waals surface area (Å²) in [5.74, 6) is 0. The predicted molar refractivity (Wildman–Crippen MR) is 105 cm³/mol. The van der Waals surface area contributed by atoms with Crippen LogP contribution in [-0.4, -0.2) is 26.1 Å². The van der Waals surface area contributed by atoms with Crippen molar-refractivity contribution >= 4 is 76.4 Å². The fourth-order valence-electron chi connectivity index (χ4n) is 1.77. The van der Waals surface area contributed by atoms with Gasteiger partial charge in [0.1, 0.15) is 0 Å². The molecule has 0 aromatic carbocycles. The summed E-state index contributed by atoms with van der Waals surface area (Å²) >= 11 is 10.4. The smallest absolute Gasteiger partial charge is 0.230 e. The van der Waals surface area contributed by atoms with E-state index in [1.807, 2.05) is 35.4 Å². The largest absolute Gasteiger partial charge is 0.478 e. The van der Waals surface area contributed by atoms with Gasteiger partial charge < -0.3 is 9.47 Å². The Morgan fingerprint density at radius 3 is 1.75 bits per heavy atom. The number of hydrogen-bond donors (Lipinski definition) is 0. The van der Waals surface area contributed by atoms with E-state index in [2.05, 4.69) is 0 Å². The summed E-state index contributed by atoms with van der Waals surface area (Å²) in [4.78, 5) is 0. The zero-order valence-corrected chi connectivity index (χ0v) is 16.6. The number of thiocarbonyl (C=S) groups is 2. The van der Waals surface area contributed by atoms with E-state index >= 15 is 0 Å². The highest BCUT2D eigenvalue weighted by Gasteiger charge is 2.35. The van der Waals surface area contributed by atoms with Gasteiger partial charge in [0.05, 0.1) is 17.3 Å². The highest BCUT2D eigenvalue weighted by atomic mass is 33.1. The summed E-state index contributed by atoms with van der Waals surface area (Å²) in [5, 5.41) is 0. The van der Waals surface area contributed by atoms with Crippen LogP contribution in [0.25, 0.3) is 0 Å². The van der Waals surface area contributed by atoms with E-state index in [-0.39, 0.29) is 4.08 Å². The summed E-state index contributed by atoms with van der Waals surface area (Å²) in [6.45, 7) is 5.18. The molecule has 0 saturated heterocycles. The molecular weight excluding hydrogens is 369 g/mol. The molecule has 0 amide bonds. The fraction of sp³-hybridized carbons (Fsp3) is 0.833. The zero-order valence-electron chi connectivity index (χ0n) is 11.7. The van der Waals surface area contributed by atoms with Crippen molar-refractivity contribution in [1.29, 1.82) is 0 Å². The fourth-order valence-corrected chi connectivity index (χ4v) is 8.64. The molecule has 0 aromatic heterocycles. The van der Waals surface area contributed by atoms with Crippen molar-refractivity contribution in [3.05, 3.63) is 0 Å². The molecule has 2 nitrogen and oxygen atoms in total. The van der Waals surface area contributed by atoms with Gasteiger partial charge in [-0.1, -0.05) is 40.9 Å². The minimum absolute atomic E-state index is 0.163. The molecule has 1 saturated carbocycles. The van der Waals surface area contributed by atoms with Gasteiger partial charge in [0, 0.05) is 0 Å². The van der Waals surface area contributed by atoms with Crippen LogP contribution in [0, 0.1) is 0 Å². The highest BCUT2D eigenvalue weighted by Crippen LogP contribution is 2.57. The Morgan fingerprint density at radius 1 is 0.900 bits per heavy atom. The van der Waals surface area contributed by atoms with Crippen LogP contribution in [0.15, 0.2) is 0 Å². The monoisotopic (exact) mass is 388 g/mol. The highest BCUT2D eigenvalue weighted by molar-refractivity contribution is 8.91. The van der Waals surface area contributed by atoms with Crippen molar-refractivity contribution < 1.29 is 9.47 Å². The first-order valence-electron chi connectivity index (χ1n) is 6.66. The maximum absolute atomic E-state index is 5.35. The SMILES string of the molecule is CCOC(=S)SSC1(SSC(=S)OCC)CCCCC1. The van der Waals surface area contributed by atoms with Crippen molar-refractivity contribution in [2.75, 3.05) is 13.2 Å². The van der Waals surface area contributed by atoms with E-state index in [1.54, 1.807) is 21.6 Å². The van der Waals surface area contributed by atoms with E-state index < -0.39 is 0 Å². The Balaban J connectivity index is 2.48. The topological polar surface area (TPSA) is 18.5 Å². The molecule has 0 aromatic rings. The van der Waals surface area contributed by atoms with E-state index in [0.717, 1.165) is 0 Å². The van der Waals surface area contributed by atoms with Crippen LogP contribution >= 0.6 is 67.6 Å². The van der Waals surface area contributed by atoms with E-state index in [0.29, 0.717) is 22.0 Å². The minimum Gasteiger partial charge on any atom is -0.478 e. The van der Waals surface area contributed by atoms with Crippen LogP contribution in [-0.2, 0) is 9.47 Å². The first kappa shape index (κ1) is 19.2. The second kappa shape index (κ2) is 10.8. The molecule has 0 spiro atoms. The molecule has 0 radical (unpaired) electrons. The first-order valence-corrected chi connectivity index (χ1v) is 11.8. The first-order chi connectivity index (χ1) is 9.62. The Kier molecular flexibility index (Phi) is 10.4. The molecule has 8 heteroatoms. The molecule has 0 unspecified atom stereocenters. The average Bonchev–Trinajstić information content (AvgIpc) is 2.45. The summed E-state index contributed by atoms with van der Waals surface area (Å²) < 4.78 is 12.1. The molecule has 1 aliphatic carbocycles. The summed E-state index contributed by atoms with van der Waals surface area (Å²) in [7, 11) is 6.82. The molecule has 116 valence electrons. The number of ether oxygens (including phenoxy) is 2. The van der Waals surface area contributed by atoms with Gasteiger partial charge in [-0.25, -0.2) is 0 Å². The van der Waals surface area contributed by atoms with Crippen molar-refractivity contribution in [1.82, 2.24) is 0 Å². The van der Waals surface area contributed by atoms with Crippen LogP contribution in [0.3, 0.4) is 0 Å². The Hall–Kier alpha value is 1.18. The van der Waals surface area contributed by atoms with E-state index in [4.69, 9.17) is 33.9 Å². The lowest BCUT2D eigenvalue weighted by Crippen LogP contribution is -2.22. The van der Waals surface area contributed by atoms with Crippen LogP contribution in [0.2, 0.25) is 0 Å². The van der Waals surface area contributed by atoms with Crippen molar-refractivity contribution in [2.24, 2.45) is 0 Å². The second-order valence-electron chi connectivity index (χ2n) is 4.17. The van der Waals surface area contributed by atoms with Crippen molar-refractivity contribution in [3.63, 3.8) is 0 Å². The van der Waals surface area contributed by atoms with Gasteiger partial charge in [-0.15, -0.1) is 0 Å². The Bertz CT molecular complexity index is 293. The third kappa shape index (κ3) is 7.45. The molecule has 0 N–H and O–H groups in total. The van der Waals surface area contributed by atoms with Crippen molar-refractivity contribution in [3.8, 4) is 0 Å². The quantitative estimate of drug-likeness (QED) is 0.307. The van der Waals surface area contributed by atoms with Crippen LogP contribution in [0.1, 0.15) is 46.0 Å². The molecule has 0 aliphatic heterocycles. The molecule has 20 heavy (non-hydrogen) atoms. The summed E-state index contributed by atoms with van der Waals surface area (Å²) in [6.07, 6.45) is 6.23. The summed E-state index contributed by atoms with van der Waals surface area (Å²) in [6, 6.07) is 0. The molecule has 1 rings (SSSR count). The molecule has 0 heterocycles. The lowest BCUT2D eigenvalue weighted by atomic mass is 10.00. The van der Waals surface area contributed by atoms with E-state index in [9.17, 15) is 0 Å². The van der Waals surface area contributed by atoms with Gasteiger partial charge in [0.15, 0.2) is 0 Å². The lowest BCUT2D eigenvalue weighted by molar-refractivity contribution is 0.346. The maximum atomic E-state index is 5.35. The number of rotatable bonds is 6. The normalized spacial score (nSPS) is 17.5. The summed E-state index contributed by atoms with van der Waals surface area (Å²) in [5.41, 5.74) is 0. The van der Waals surface area contributed by atoms with Gasteiger partial charge in [0.25, 0.3) is 0 Å².